The second-order valence-electron chi connectivity index (χ2n) is 4.81. The second kappa shape index (κ2) is 4.34. The fourth-order valence-electron chi connectivity index (χ4n) is 2.65. The van der Waals surface area contributed by atoms with E-state index in [1.165, 1.54) is 22.3 Å². The van der Waals surface area contributed by atoms with Crippen LogP contribution in [0, 0.1) is 5.92 Å². The Morgan fingerprint density at radius 2 is 1.65 bits per heavy atom. The third-order valence-corrected chi connectivity index (χ3v) is 3.59. The molecule has 1 N–H and O–H groups in total. The Hall–Kier alpha value is -1.60. The Labute approximate surface area is 102 Å². The maximum Gasteiger partial charge on any atom is 0.0465 e. The van der Waals surface area contributed by atoms with Crippen molar-refractivity contribution in [3.05, 3.63) is 59.7 Å². The number of benzene rings is 2. The van der Waals surface area contributed by atoms with Gasteiger partial charge < -0.3 is 5.11 Å². The summed E-state index contributed by atoms with van der Waals surface area (Å²) in [5.74, 6) is 0.427. The van der Waals surface area contributed by atoms with E-state index in [2.05, 4.69) is 42.5 Å². The predicted molar refractivity (Wildman–Crippen MR) is 69.9 cm³/mol. The molecule has 0 fully saturated rings. The average Bonchev–Trinajstić information content (AvgIpc) is 2.81. The van der Waals surface area contributed by atoms with Crippen molar-refractivity contribution in [3.63, 3.8) is 0 Å². The zero-order chi connectivity index (χ0) is 11.7. The van der Waals surface area contributed by atoms with Gasteiger partial charge in [-0.15, -0.1) is 0 Å². The van der Waals surface area contributed by atoms with Gasteiger partial charge in [-0.1, -0.05) is 48.5 Å². The van der Waals surface area contributed by atoms with Crippen LogP contribution in [0.15, 0.2) is 48.5 Å². The number of aliphatic hydroxyl groups excluding tert-OH is 1. The summed E-state index contributed by atoms with van der Waals surface area (Å²) in [6, 6.07) is 17.1. The summed E-state index contributed by atoms with van der Waals surface area (Å²) < 4.78 is 0. The van der Waals surface area contributed by atoms with E-state index in [9.17, 15) is 5.11 Å². The van der Waals surface area contributed by atoms with E-state index in [1.807, 2.05) is 6.07 Å². The number of hydrogen-bond donors (Lipinski definition) is 1. The molecule has 0 amide bonds. The van der Waals surface area contributed by atoms with E-state index in [0.717, 1.165) is 12.8 Å². The minimum absolute atomic E-state index is 0.301. The molecule has 0 saturated carbocycles. The topological polar surface area (TPSA) is 20.2 Å². The molecule has 0 saturated heterocycles. The minimum atomic E-state index is 0.301. The Morgan fingerprint density at radius 1 is 0.882 bits per heavy atom. The Balaban J connectivity index is 1.96. The summed E-state index contributed by atoms with van der Waals surface area (Å²) in [6.45, 7) is 0.301. The SMILES string of the molecule is OCC1Cc2ccc(-c3ccccc3)cc2C1. The molecule has 0 aliphatic heterocycles. The van der Waals surface area contributed by atoms with Crippen molar-refractivity contribution in [3.8, 4) is 11.1 Å². The maximum atomic E-state index is 9.22. The van der Waals surface area contributed by atoms with E-state index in [0.29, 0.717) is 12.5 Å². The first kappa shape index (κ1) is 10.5. The largest absolute Gasteiger partial charge is 0.396 e. The normalized spacial score (nSPS) is 18.1. The fourth-order valence-corrected chi connectivity index (χ4v) is 2.65. The van der Waals surface area contributed by atoms with Crippen LogP contribution in [-0.4, -0.2) is 11.7 Å². The van der Waals surface area contributed by atoms with E-state index >= 15 is 0 Å². The number of aliphatic hydroxyl groups is 1. The van der Waals surface area contributed by atoms with Gasteiger partial charge in [-0.2, -0.15) is 0 Å². The molecule has 2 aromatic rings. The van der Waals surface area contributed by atoms with Gasteiger partial charge >= 0.3 is 0 Å². The van der Waals surface area contributed by atoms with Crippen LogP contribution >= 0.6 is 0 Å². The number of fused-ring (bicyclic) bond motifs is 1. The molecular weight excluding hydrogens is 208 g/mol. The van der Waals surface area contributed by atoms with Gasteiger partial charge in [0.2, 0.25) is 0 Å². The highest BCUT2D eigenvalue weighted by Crippen LogP contribution is 2.30. The van der Waals surface area contributed by atoms with Crippen molar-refractivity contribution in [2.45, 2.75) is 12.8 Å². The van der Waals surface area contributed by atoms with E-state index in [-0.39, 0.29) is 0 Å². The molecule has 0 radical (unpaired) electrons. The van der Waals surface area contributed by atoms with Crippen LogP contribution in [0.3, 0.4) is 0 Å². The van der Waals surface area contributed by atoms with Crippen LogP contribution in [0.1, 0.15) is 11.1 Å². The molecule has 2 aromatic carbocycles. The molecule has 1 atom stereocenters. The molecule has 3 rings (SSSR count). The lowest BCUT2D eigenvalue weighted by molar-refractivity contribution is 0.232. The lowest BCUT2D eigenvalue weighted by Crippen LogP contribution is -2.04. The van der Waals surface area contributed by atoms with Gasteiger partial charge in [-0.3, -0.25) is 0 Å². The van der Waals surface area contributed by atoms with Crippen LogP contribution in [0.5, 0.6) is 0 Å². The Kier molecular flexibility index (Phi) is 2.69. The monoisotopic (exact) mass is 224 g/mol. The summed E-state index contributed by atoms with van der Waals surface area (Å²) in [4.78, 5) is 0. The van der Waals surface area contributed by atoms with E-state index in [4.69, 9.17) is 0 Å². The molecule has 86 valence electrons. The smallest absolute Gasteiger partial charge is 0.0465 e. The molecule has 17 heavy (non-hydrogen) atoms. The standard InChI is InChI=1S/C16H16O/c17-11-12-8-14-6-7-15(10-16(14)9-12)13-4-2-1-3-5-13/h1-7,10,12,17H,8-9,11H2. The van der Waals surface area contributed by atoms with Crippen molar-refractivity contribution in [1.29, 1.82) is 0 Å². The zero-order valence-electron chi connectivity index (χ0n) is 9.76. The van der Waals surface area contributed by atoms with Gasteiger partial charge in [0.25, 0.3) is 0 Å². The zero-order valence-corrected chi connectivity index (χ0v) is 9.76. The van der Waals surface area contributed by atoms with Crippen molar-refractivity contribution in [2.24, 2.45) is 5.92 Å². The number of rotatable bonds is 2. The highest BCUT2D eigenvalue weighted by Gasteiger charge is 2.20. The Bertz CT molecular complexity index is 516. The first-order valence-electron chi connectivity index (χ1n) is 6.15. The van der Waals surface area contributed by atoms with Crippen LogP contribution in [-0.2, 0) is 12.8 Å². The average molecular weight is 224 g/mol. The van der Waals surface area contributed by atoms with Gasteiger partial charge in [-0.05, 0) is 41.0 Å². The van der Waals surface area contributed by atoms with Gasteiger partial charge in [0.15, 0.2) is 0 Å². The second-order valence-corrected chi connectivity index (χ2v) is 4.81. The van der Waals surface area contributed by atoms with Gasteiger partial charge in [0.1, 0.15) is 0 Å². The van der Waals surface area contributed by atoms with Gasteiger partial charge in [-0.25, -0.2) is 0 Å². The molecule has 1 aliphatic rings. The lowest BCUT2D eigenvalue weighted by atomic mass is 10.0. The van der Waals surface area contributed by atoms with Crippen LogP contribution in [0.2, 0.25) is 0 Å². The van der Waals surface area contributed by atoms with Crippen molar-refractivity contribution >= 4 is 0 Å². The number of hydrogen-bond acceptors (Lipinski definition) is 1. The molecule has 1 unspecified atom stereocenters. The minimum Gasteiger partial charge on any atom is -0.396 e. The summed E-state index contributed by atoms with van der Waals surface area (Å²) in [5, 5.41) is 9.22. The first-order chi connectivity index (χ1) is 8.36. The molecule has 1 heteroatoms. The van der Waals surface area contributed by atoms with Crippen LogP contribution < -0.4 is 0 Å². The molecule has 1 nitrogen and oxygen atoms in total. The lowest BCUT2D eigenvalue weighted by Gasteiger charge is -2.04. The predicted octanol–water partition coefficient (Wildman–Crippen LogP) is 3.06. The summed E-state index contributed by atoms with van der Waals surface area (Å²) in [6.07, 6.45) is 2.05. The van der Waals surface area contributed by atoms with E-state index < -0.39 is 0 Å². The molecule has 0 spiro atoms. The highest BCUT2D eigenvalue weighted by molar-refractivity contribution is 5.65. The highest BCUT2D eigenvalue weighted by atomic mass is 16.3. The quantitative estimate of drug-likeness (QED) is 0.831. The third-order valence-electron chi connectivity index (χ3n) is 3.59. The van der Waals surface area contributed by atoms with Crippen LogP contribution in [0.25, 0.3) is 11.1 Å². The summed E-state index contributed by atoms with van der Waals surface area (Å²) in [7, 11) is 0. The van der Waals surface area contributed by atoms with Gasteiger partial charge in [0, 0.05) is 6.61 Å². The summed E-state index contributed by atoms with van der Waals surface area (Å²) >= 11 is 0. The van der Waals surface area contributed by atoms with Crippen molar-refractivity contribution in [1.82, 2.24) is 0 Å². The van der Waals surface area contributed by atoms with Crippen LogP contribution in [0.4, 0.5) is 0 Å². The third kappa shape index (κ3) is 1.98. The first-order valence-corrected chi connectivity index (χ1v) is 6.15. The van der Waals surface area contributed by atoms with Crippen molar-refractivity contribution < 1.29 is 5.11 Å². The molecule has 0 bridgehead atoms. The molecule has 1 aliphatic carbocycles. The van der Waals surface area contributed by atoms with E-state index in [1.54, 1.807) is 0 Å². The fraction of sp³-hybridized carbons (Fsp3) is 0.250. The maximum absolute atomic E-state index is 9.22. The molecule has 0 aromatic heterocycles. The Morgan fingerprint density at radius 3 is 2.41 bits per heavy atom. The molecule has 0 heterocycles. The molecular formula is C16H16O. The summed E-state index contributed by atoms with van der Waals surface area (Å²) in [5.41, 5.74) is 5.36. The van der Waals surface area contributed by atoms with Gasteiger partial charge in [0.05, 0.1) is 0 Å². The van der Waals surface area contributed by atoms with Crippen molar-refractivity contribution in [2.75, 3.05) is 6.61 Å².